The lowest BCUT2D eigenvalue weighted by Crippen LogP contribution is -2.22. The fraction of sp³-hybridized carbons (Fsp3) is 0.467. The molecule has 2 rings (SSSR count). The zero-order valence-corrected chi connectivity index (χ0v) is 10.6. The molecule has 0 aromatic heterocycles. The largest absolute Gasteiger partial charge is 0.481 e. The second kappa shape index (κ2) is 5.83. The van der Waals surface area contributed by atoms with Gasteiger partial charge in [0, 0.05) is 0 Å². The van der Waals surface area contributed by atoms with E-state index in [1.54, 1.807) is 12.1 Å². The highest BCUT2D eigenvalue weighted by Crippen LogP contribution is 2.31. The van der Waals surface area contributed by atoms with Crippen LogP contribution in [-0.2, 0) is 11.2 Å². The number of carboxylic acids is 1. The molecule has 0 spiro atoms. The first-order valence-electron chi connectivity index (χ1n) is 6.51. The van der Waals surface area contributed by atoms with Crippen molar-refractivity contribution in [2.45, 2.75) is 32.1 Å². The van der Waals surface area contributed by atoms with Crippen molar-refractivity contribution in [2.24, 2.45) is 11.8 Å². The molecule has 100 valence electrons. The highest BCUT2D eigenvalue weighted by atomic mass is 19.1. The number of aliphatic carboxylic acids is 1. The fourth-order valence-corrected chi connectivity index (χ4v) is 2.73. The van der Waals surface area contributed by atoms with Gasteiger partial charge in [0.1, 0.15) is 11.9 Å². The maximum absolute atomic E-state index is 13.2. The van der Waals surface area contributed by atoms with E-state index in [0.717, 1.165) is 24.8 Å². The van der Waals surface area contributed by atoms with Gasteiger partial charge in [-0.3, -0.25) is 4.79 Å². The van der Waals surface area contributed by atoms with Crippen LogP contribution in [0, 0.1) is 29.0 Å². The SMILES string of the molecule is N#Cc1cc(C[C@H]2CC[C@H](C(=O)O)CC2)ccc1F. The molecule has 1 aromatic rings. The van der Waals surface area contributed by atoms with E-state index in [1.165, 1.54) is 6.07 Å². The Hall–Kier alpha value is -1.89. The topological polar surface area (TPSA) is 61.1 Å². The predicted octanol–water partition coefficient (Wildman–Crippen LogP) is 3.13. The van der Waals surface area contributed by atoms with E-state index >= 15 is 0 Å². The van der Waals surface area contributed by atoms with Crippen molar-refractivity contribution in [2.75, 3.05) is 0 Å². The van der Waals surface area contributed by atoms with Crippen LogP contribution in [0.2, 0.25) is 0 Å². The van der Waals surface area contributed by atoms with E-state index in [0.29, 0.717) is 18.8 Å². The third-order valence-electron chi connectivity index (χ3n) is 3.87. The zero-order chi connectivity index (χ0) is 13.8. The van der Waals surface area contributed by atoms with Crippen molar-refractivity contribution in [1.82, 2.24) is 0 Å². The summed E-state index contributed by atoms with van der Waals surface area (Å²) in [6, 6.07) is 6.48. The van der Waals surface area contributed by atoms with Crippen LogP contribution in [0.15, 0.2) is 18.2 Å². The molecule has 1 fully saturated rings. The Balaban J connectivity index is 1.96. The minimum atomic E-state index is -0.702. The number of hydrogen-bond donors (Lipinski definition) is 1. The van der Waals surface area contributed by atoms with Crippen LogP contribution in [0.1, 0.15) is 36.8 Å². The Bertz CT molecular complexity index is 513. The van der Waals surface area contributed by atoms with Crippen molar-refractivity contribution in [3.05, 3.63) is 35.1 Å². The van der Waals surface area contributed by atoms with Gasteiger partial charge in [-0.2, -0.15) is 5.26 Å². The quantitative estimate of drug-likeness (QED) is 0.909. The molecular formula is C15H16FNO2. The molecule has 0 bridgehead atoms. The van der Waals surface area contributed by atoms with Gasteiger partial charge in [0.15, 0.2) is 0 Å². The normalized spacial score (nSPS) is 22.7. The summed E-state index contributed by atoms with van der Waals surface area (Å²) in [4.78, 5) is 10.9. The molecule has 0 heterocycles. The molecule has 1 saturated carbocycles. The molecule has 1 aliphatic rings. The third kappa shape index (κ3) is 3.31. The van der Waals surface area contributed by atoms with Crippen LogP contribution < -0.4 is 0 Å². The first-order valence-corrected chi connectivity index (χ1v) is 6.51. The minimum absolute atomic E-state index is 0.0803. The van der Waals surface area contributed by atoms with E-state index in [4.69, 9.17) is 10.4 Å². The lowest BCUT2D eigenvalue weighted by atomic mass is 9.79. The first-order chi connectivity index (χ1) is 9.10. The van der Waals surface area contributed by atoms with E-state index in [-0.39, 0.29) is 11.5 Å². The van der Waals surface area contributed by atoms with Crippen LogP contribution in [-0.4, -0.2) is 11.1 Å². The van der Waals surface area contributed by atoms with E-state index in [2.05, 4.69) is 0 Å². The van der Waals surface area contributed by atoms with Gasteiger partial charge >= 0.3 is 5.97 Å². The third-order valence-corrected chi connectivity index (χ3v) is 3.87. The monoisotopic (exact) mass is 261 g/mol. The molecule has 0 aliphatic heterocycles. The zero-order valence-electron chi connectivity index (χ0n) is 10.6. The standard InChI is InChI=1S/C15H16FNO2/c16-14-6-3-11(8-13(14)9-17)7-10-1-4-12(5-2-10)15(18)19/h3,6,8,10,12H,1-2,4-5,7H2,(H,18,19)/t10-,12-. The van der Waals surface area contributed by atoms with Crippen molar-refractivity contribution in [3.63, 3.8) is 0 Å². The summed E-state index contributed by atoms with van der Waals surface area (Å²) in [5.41, 5.74) is 1.04. The number of hydrogen-bond acceptors (Lipinski definition) is 2. The van der Waals surface area contributed by atoms with E-state index < -0.39 is 11.8 Å². The van der Waals surface area contributed by atoms with Gasteiger partial charge in [0.2, 0.25) is 0 Å². The molecule has 1 aromatic carbocycles. The van der Waals surface area contributed by atoms with Crippen LogP contribution in [0.5, 0.6) is 0 Å². The average molecular weight is 261 g/mol. The van der Waals surface area contributed by atoms with Gasteiger partial charge in [-0.05, 0) is 55.7 Å². The predicted molar refractivity (Wildman–Crippen MR) is 67.9 cm³/mol. The Labute approximate surface area is 111 Å². The summed E-state index contributed by atoms with van der Waals surface area (Å²) >= 11 is 0. The van der Waals surface area contributed by atoms with E-state index in [9.17, 15) is 9.18 Å². The van der Waals surface area contributed by atoms with Crippen LogP contribution in [0.25, 0.3) is 0 Å². The van der Waals surface area contributed by atoms with Gasteiger partial charge in [0.25, 0.3) is 0 Å². The molecule has 0 radical (unpaired) electrons. The van der Waals surface area contributed by atoms with Crippen LogP contribution in [0.3, 0.4) is 0 Å². The summed E-state index contributed by atoms with van der Waals surface area (Å²) in [5, 5.41) is 17.7. The molecule has 1 N–H and O–H groups in total. The number of nitrogens with zero attached hydrogens (tertiary/aromatic N) is 1. The molecule has 0 atom stereocenters. The fourth-order valence-electron chi connectivity index (χ4n) is 2.73. The second-order valence-electron chi connectivity index (χ2n) is 5.19. The van der Waals surface area contributed by atoms with Gasteiger partial charge in [-0.15, -0.1) is 0 Å². The highest BCUT2D eigenvalue weighted by Gasteiger charge is 2.25. The number of carbonyl (C=O) groups is 1. The van der Waals surface area contributed by atoms with Gasteiger partial charge < -0.3 is 5.11 Å². The van der Waals surface area contributed by atoms with Crippen molar-refractivity contribution in [3.8, 4) is 6.07 Å². The Morgan fingerprint density at radius 1 is 1.37 bits per heavy atom. The van der Waals surface area contributed by atoms with Crippen LogP contribution >= 0.6 is 0 Å². The van der Waals surface area contributed by atoms with E-state index in [1.807, 2.05) is 6.07 Å². The van der Waals surface area contributed by atoms with Crippen molar-refractivity contribution in [1.29, 1.82) is 5.26 Å². The molecule has 0 unspecified atom stereocenters. The van der Waals surface area contributed by atoms with Crippen LogP contribution in [0.4, 0.5) is 4.39 Å². The second-order valence-corrected chi connectivity index (χ2v) is 5.19. The maximum Gasteiger partial charge on any atom is 0.306 e. The minimum Gasteiger partial charge on any atom is -0.481 e. The summed E-state index contributed by atoms with van der Waals surface area (Å²) in [6.07, 6.45) is 3.99. The first kappa shape index (κ1) is 13.5. The number of nitriles is 1. The summed E-state index contributed by atoms with van der Waals surface area (Å²) in [6.45, 7) is 0. The molecule has 0 amide bonds. The maximum atomic E-state index is 13.2. The molecule has 3 nitrogen and oxygen atoms in total. The lowest BCUT2D eigenvalue weighted by molar-refractivity contribution is -0.143. The molecule has 0 saturated heterocycles. The summed E-state index contributed by atoms with van der Waals surface area (Å²) in [7, 11) is 0. The molecular weight excluding hydrogens is 245 g/mol. The number of halogens is 1. The number of rotatable bonds is 3. The number of benzene rings is 1. The Kier molecular flexibility index (Phi) is 4.16. The number of carboxylic acid groups (broad SMARTS) is 1. The summed E-state index contributed by atoms with van der Waals surface area (Å²) in [5.74, 6) is -0.959. The Morgan fingerprint density at radius 2 is 2.05 bits per heavy atom. The van der Waals surface area contributed by atoms with Gasteiger partial charge in [-0.1, -0.05) is 6.07 Å². The highest BCUT2D eigenvalue weighted by molar-refractivity contribution is 5.69. The van der Waals surface area contributed by atoms with Gasteiger partial charge in [-0.25, -0.2) is 4.39 Å². The van der Waals surface area contributed by atoms with Gasteiger partial charge in [0.05, 0.1) is 11.5 Å². The lowest BCUT2D eigenvalue weighted by Gasteiger charge is -2.26. The molecule has 19 heavy (non-hydrogen) atoms. The molecule has 1 aliphatic carbocycles. The molecule has 4 heteroatoms. The summed E-state index contributed by atoms with van der Waals surface area (Å²) < 4.78 is 13.2. The Morgan fingerprint density at radius 3 is 2.63 bits per heavy atom. The smallest absolute Gasteiger partial charge is 0.306 e. The van der Waals surface area contributed by atoms with Crippen molar-refractivity contribution < 1.29 is 14.3 Å². The average Bonchev–Trinajstić information content (AvgIpc) is 2.41. The van der Waals surface area contributed by atoms with Crippen molar-refractivity contribution >= 4 is 5.97 Å².